The molecule has 3 aromatic carbocycles. The number of aryl methyl sites for hydroxylation is 1. The number of halogens is 2. The molecule has 6 rings (SSSR count). The van der Waals surface area contributed by atoms with E-state index >= 15 is 0 Å². The Hall–Kier alpha value is -3.58. The molecule has 180 valence electrons. The SMILES string of the molecule is Cc1ccc(N2C(=O)[C@H]3[C@H](ON(c4ccccc4)[C@@H]3c3ccc(-c4ccc(Cl)cc4Cl)o3)C2=O)cc1. The molecular formula is C28H20Cl2N2O4. The molecule has 2 saturated heterocycles. The number of carbonyl (C=O) groups excluding carboxylic acids is 2. The van der Waals surface area contributed by atoms with Gasteiger partial charge < -0.3 is 4.42 Å². The summed E-state index contributed by atoms with van der Waals surface area (Å²) >= 11 is 12.5. The van der Waals surface area contributed by atoms with Crippen molar-refractivity contribution in [3.63, 3.8) is 0 Å². The second-order valence-corrected chi connectivity index (χ2v) is 9.68. The number of hydrogen-bond donors (Lipinski definition) is 0. The number of amides is 2. The van der Waals surface area contributed by atoms with Crippen LogP contribution in [0.1, 0.15) is 17.4 Å². The molecule has 0 aliphatic carbocycles. The molecule has 0 saturated carbocycles. The molecule has 6 nitrogen and oxygen atoms in total. The highest BCUT2D eigenvalue weighted by atomic mass is 35.5. The summed E-state index contributed by atoms with van der Waals surface area (Å²) < 4.78 is 6.24. The van der Waals surface area contributed by atoms with Gasteiger partial charge in [0.25, 0.3) is 5.91 Å². The number of rotatable bonds is 4. The second-order valence-electron chi connectivity index (χ2n) is 8.83. The van der Waals surface area contributed by atoms with Gasteiger partial charge in [-0.15, -0.1) is 0 Å². The first-order valence-electron chi connectivity index (χ1n) is 11.4. The fourth-order valence-corrected chi connectivity index (χ4v) is 5.30. The zero-order chi connectivity index (χ0) is 25.0. The van der Waals surface area contributed by atoms with E-state index in [1.807, 2.05) is 49.4 Å². The van der Waals surface area contributed by atoms with Crippen LogP contribution in [-0.2, 0) is 14.4 Å². The van der Waals surface area contributed by atoms with E-state index in [9.17, 15) is 9.59 Å². The zero-order valence-electron chi connectivity index (χ0n) is 19.1. The minimum atomic E-state index is -0.975. The predicted molar refractivity (Wildman–Crippen MR) is 138 cm³/mol. The van der Waals surface area contributed by atoms with E-state index in [4.69, 9.17) is 32.5 Å². The van der Waals surface area contributed by atoms with Crippen LogP contribution in [0.15, 0.2) is 89.3 Å². The van der Waals surface area contributed by atoms with E-state index in [1.165, 1.54) is 4.90 Å². The van der Waals surface area contributed by atoms with Crippen molar-refractivity contribution in [1.29, 1.82) is 0 Å². The van der Waals surface area contributed by atoms with Gasteiger partial charge in [0.1, 0.15) is 23.5 Å². The summed E-state index contributed by atoms with van der Waals surface area (Å²) in [5.41, 5.74) is 2.93. The molecule has 0 spiro atoms. The lowest BCUT2D eigenvalue weighted by atomic mass is 9.94. The fourth-order valence-electron chi connectivity index (χ4n) is 4.80. The lowest BCUT2D eigenvalue weighted by Gasteiger charge is -2.27. The number of para-hydroxylation sites is 1. The summed E-state index contributed by atoms with van der Waals surface area (Å²) in [5, 5.41) is 2.56. The van der Waals surface area contributed by atoms with Gasteiger partial charge in [0, 0.05) is 10.6 Å². The maximum Gasteiger partial charge on any atom is 0.266 e. The molecule has 3 atom stereocenters. The Balaban J connectivity index is 1.42. The van der Waals surface area contributed by atoms with Crippen molar-refractivity contribution in [2.75, 3.05) is 9.96 Å². The van der Waals surface area contributed by atoms with Gasteiger partial charge in [0.05, 0.1) is 16.4 Å². The van der Waals surface area contributed by atoms with Crippen LogP contribution in [0.4, 0.5) is 11.4 Å². The zero-order valence-corrected chi connectivity index (χ0v) is 20.6. The fraction of sp³-hybridized carbons (Fsp3) is 0.143. The van der Waals surface area contributed by atoms with Crippen LogP contribution in [-0.4, -0.2) is 17.9 Å². The van der Waals surface area contributed by atoms with Crippen LogP contribution in [0.5, 0.6) is 0 Å². The quantitative estimate of drug-likeness (QED) is 0.284. The van der Waals surface area contributed by atoms with Gasteiger partial charge in [0.15, 0.2) is 6.10 Å². The Morgan fingerprint density at radius 3 is 2.28 bits per heavy atom. The first-order valence-corrected chi connectivity index (χ1v) is 12.2. The van der Waals surface area contributed by atoms with Crippen LogP contribution in [0.2, 0.25) is 10.0 Å². The van der Waals surface area contributed by atoms with E-state index in [2.05, 4.69) is 0 Å². The summed E-state index contributed by atoms with van der Waals surface area (Å²) in [6.45, 7) is 1.95. The van der Waals surface area contributed by atoms with Crippen molar-refractivity contribution in [1.82, 2.24) is 0 Å². The third-order valence-corrected chi connectivity index (χ3v) is 7.08. The van der Waals surface area contributed by atoms with E-state index in [0.717, 1.165) is 5.56 Å². The predicted octanol–water partition coefficient (Wildman–Crippen LogP) is 6.61. The standard InChI is InChI=1S/C28H20Cl2N2O4/c1-16-7-10-18(11-8-16)31-27(33)24-25(32(36-26(24)28(31)34)19-5-3-2-4-6-19)23-14-13-22(35-23)20-12-9-17(29)15-21(20)30/h2-15,24-26H,1H3/t24-,25-,26+/m1/s1. The highest BCUT2D eigenvalue weighted by Crippen LogP contribution is 2.48. The van der Waals surface area contributed by atoms with Gasteiger partial charge in [-0.25, -0.2) is 9.96 Å². The Kier molecular flexibility index (Phi) is 5.60. The minimum Gasteiger partial charge on any atom is -0.459 e. The maximum absolute atomic E-state index is 13.7. The lowest BCUT2D eigenvalue weighted by Crippen LogP contribution is -2.37. The van der Waals surface area contributed by atoms with Crippen molar-refractivity contribution in [3.8, 4) is 11.3 Å². The Labute approximate surface area is 217 Å². The average molecular weight is 519 g/mol. The van der Waals surface area contributed by atoms with E-state index in [0.29, 0.717) is 38.5 Å². The molecule has 3 heterocycles. The Morgan fingerprint density at radius 2 is 1.56 bits per heavy atom. The van der Waals surface area contributed by atoms with Crippen molar-refractivity contribution in [2.45, 2.75) is 19.1 Å². The molecule has 0 N–H and O–H groups in total. The molecule has 0 unspecified atom stereocenters. The van der Waals surface area contributed by atoms with Crippen LogP contribution < -0.4 is 9.96 Å². The lowest BCUT2D eigenvalue weighted by molar-refractivity contribution is -0.126. The highest BCUT2D eigenvalue weighted by Gasteiger charge is 2.61. The second kappa shape index (κ2) is 8.82. The number of carbonyl (C=O) groups is 2. The molecule has 8 heteroatoms. The number of fused-ring (bicyclic) bond motifs is 1. The smallest absolute Gasteiger partial charge is 0.266 e. The topological polar surface area (TPSA) is 63.0 Å². The van der Waals surface area contributed by atoms with Gasteiger partial charge in [0.2, 0.25) is 5.91 Å². The summed E-state index contributed by atoms with van der Waals surface area (Å²) in [4.78, 5) is 34.5. The molecule has 0 radical (unpaired) electrons. The molecule has 1 aromatic heterocycles. The third kappa shape index (κ3) is 3.69. The van der Waals surface area contributed by atoms with E-state index in [1.54, 1.807) is 47.5 Å². The Bertz CT molecular complexity index is 1470. The van der Waals surface area contributed by atoms with Gasteiger partial charge in [-0.2, -0.15) is 0 Å². The van der Waals surface area contributed by atoms with Crippen molar-refractivity contribution < 1.29 is 18.8 Å². The molecule has 4 aromatic rings. The largest absolute Gasteiger partial charge is 0.459 e. The first kappa shape index (κ1) is 22.9. The first-order chi connectivity index (χ1) is 17.4. The minimum absolute atomic E-state index is 0.334. The van der Waals surface area contributed by atoms with Gasteiger partial charge in [-0.05, 0) is 61.5 Å². The molecule has 36 heavy (non-hydrogen) atoms. The van der Waals surface area contributed by atoms with Crippen molar-refractivity contribution in [3.05, 3.63) is 106 Å². The van der Waals surface area contributed by atoms with E-state index < -0.39 is 24.0 Å². The average Bonchev–Trinajstić information content (AvgIpc) is 3.56. The maximum atomic E-state index is 13.7. The van der Waals surface area contributed by atoms with Gasteiger partial charge in [-0.1, -0.05) is 59.1 Å². The number of imide groups is 1. The number of hydroxylamine groups is 1. The van der Waals surface area contributed by atoms with Gasteiger partial charge in [-0.3, -0.25) is 14.4 Å². The normalized spacial score (nSPS) is 21.4. The number of benzene rings is 3. The summed E-state index contributed by atoms with van der Waals surface area (Å²) in [6.07, 6.45) is -0.975. The van der Waals surface area contributed by atoms with Crippen LogP contribution >= 0.6 is 23.2 Å². The summed E-state index contributed by atoms with van der Waals surface area (Å²) in [7, 11) is 0. The number of anilines is 2. The number of furan rings is 1. The van der Waals surface area contributed by atoms with Crippen molar-refractivity contribution >= 4 is 46.4 Å². The number of nitrogens with zero attached hydrogens (tertiary/aromatic N) is 2. The molecule has 0 bridgehead atoms. The van der Waals surface area contributed by atoms with Crippen LogP contribution in [0, 0.1) is 12.8 Å². The summed E-state index contributed by atoms with van der Waals surface area (Å²) in [6, 6.07) is 24.7. The molecule has 2 aliphatic heterocycles. The van der Waals surface area contributed by atoms with Crippen LogP contribution in [0.25, 0.3) is 11.3 Å². The molecular weight excluding hydrogens is 499 g/mol. The third-order valence-electron chi connectivity index (χ3n) is 6.53. The van der Waals surface area contributed by atoms with Gasteiger partial charge >= 0.3 is 0 Å². The molecule has 2 amide bonds. The monoisotopic (exact) mass is 518 g/mol. The summed E-state index contributed by atoms with van der Waals surface area (Å²) in [5.74, 6) is -0.516. The molecule has 2 fully saturated rings. The van der Waals surface area contributed by atoms with E-state index in [-0.39, 0.29) is 5.91 Å². The Morgan fingerprint density at radius 1 is 0.806 bits per heavy atom. The molecule has 2 aliphatic rings. The van der Waals surface area contributed by atoms with Crippen LogP contribution in [0.3, 0.4) is 0 Å². The van der Waals surface area contributed by atoms with Crippen molar-refractivity contribution in [2.24, 2.45) is 5.92 Å². The highest BCUT2D eigenvalue weighted by molar-refractivity contribution is 6.36. The number of hydrogen-bond acceptors (Lipinski definition) is 5.